The lowest BCUT2D eigenvalue weighted by Gasteiger charge is -2.20. The van der Waals surface area contributed by atoms with Gasteiger partial charge in [-0.2, -0.15) is 0 Å². The van der Waals surface area contributed by atoms with E-state index in [-0.39, 0.29) is 5.91 Å². The molecule has 1 atom stereocenters. The quantitative estimate of drug-likeness (QED) is 0.745. The molecule has 78 valence electrons. The summed E-state index contributed by atoms with van der Waals surface area (Å²) < 4.78 is 0. The molecule has 1 N–H and O–H groups in total. The first-order valence-corrected chi connectivity index (χ1v) is 4.72. The number of carbonyl (C=O) groups excluding carboxylic acids is 1. The number of amides is 1. The molecule has 0 saturated heterocycles. The minimum absolute atomic E-state index is 0.229. The zero-order valence-electron chi connectivity index (χ0n) is 8.30. The average molecular weight is 205 g/mol. The smallest absolute Gasteiger partial charge is 0.327 e. The summed E-state index contributed by atoms with van der Waals surface area (Å²) in [7, 11) is 0. The van der Waals surface area contributed by atoms with Gasteiger partial charge in [-0.1, -0.05) is 18.2 Å². The van der Waals surface area contributed by atoms with Crippen LogP contribution in [-0.4, -0.2) is 23.0 Å². The average Bonchev–Trinajstić information content (AvgIpc) is 2.56. The maximum Gasteiger partial charge on any atom is 0.327 e. The molecule has 15 heavy (non-hydrogen) atoms. The molecule has 2 rings (SSSR count). The van der Waals surface area contributed by atoms with E-state index in [1.54, 1.807) is 12.1 Å². The molecular formula is C11H11NO3. The first-order chi connectivity index (χ1) is 7.11. The molecule has 0 aromatic heterocycles. The van der Waals surface area contributed by atoms with E-state index in [0.29, 0.717) is 6.42 Å². The molecule has 1 aliphatic heterocycles. The Hall–Kier alpha value is -1.84. The molecule has 4 nitrogen and oxygen atoms in total. The second kappa shape index (κ2) is 3.38. The summed E-state index contributed by atoms with van der Waals surface area (Å²) in [5, 5.41) is 9.01. The van der Waals surface area contributed by atoms with Crippen molar-refractivity contribution >= 4 is 17.6 Å². The van der Waals surface area contributed by atoms with Crippen molar-refractivity contribution in [3.05, 3.63) is 29.8 Å². The van der Waals surface area contributed by atoms with Gasteiger partial charge in [0.25, 0.3) is 0 Å². The summed E-state index contributed by atoms with van der Waals surface area (Å²) in [6.07, 6.45) is 0.394. The van der Waals surface area contributed by atoms with Crippen LogP contribution in [0.3, 0.4) is 0 Å². The topological polar surface area (TPSA) is 57.6 Å². The molecule has 1 amide bonds. The molecule has 0 unspecified atom stereocenters. The largest absolute Gasteiger partial charge is 0.480 e. The van der Waals surface area contributed by atoms with Crippen molar-refractivity contribution in [1.82, 2.24) is 0 Å². The zero-order valence-corrected chi connectivity index (χ0v) is 8.30. The van der Waals surface area contributed by atoms with Crippen LogP contribution in [0.1, 0.15) is 12.5 Å². The SMILES string of the molecule is CC(=O)N1c2ccccc2C[C@@H]1C(=O)O. The number of carboxylic acid groups (broad SMARTS) is 1. The molecule has 0 radical (unpaired) electrons. The zero-order chi connectivity index (χ0) is 11.0. The van der Waals surface area contributed by atoms with Crippen molar-refractivity contribution in [2.45, 2.75) is 19.4 Å². The standard InChI is InChI=1S/C11H11NO3/c1-7(13)12-9-5-3-2-4-8(9)6-10(12)11(14)15/h2-5,10H,6H2,1H3,(H,14,15)/t10-/m1/s1. The Balaban J connectivity index is 2.46. The summed E-state index contributed by atoms with van der Waals surface area (Å²) in [5.74, 6) is -1.19. The molecule has 0 saturated carbocycles. The van der Waals surface area contributed by atoms with Gasteiger partial charge in [0.1, 0.15) is 6.04 Å². The molecule has 1 aliphatic rings. The van der Waals surface area contributed by atoms with Crippen LogP contribution in [-0.2, 0) is 16.0 Å². The number of benzene rings is 1. The van der Waals surface area contributed by atoms with Crippen molar-refractivity contribution in [2.75, 3.05) is 4.90 Å². The second-order valence-electron chi connectivity index (χ2n) is 3.58. The molecule has 4 heteroatoms. The number of carboxylic acids is 1. The summed E-state index contributed by atoms with van der Waals surface area (Å²) >= 11 is 0. The number of fused-ring (bicyclic) bond motifs is 1. The van der Waals surface area contributed by atoms with Crippen LogP contribution in [0.25, 0.3) is 0 Å². The van der Waals surface area contributed by atoms with Gasteiger partial charge in [-0.15, -0.1) is 0 Å². The van der Waals surface area contributed by atoms with Crippen LogP contribution >= 0.6 is 0 Å². The highest BCUT2D eigenvalue weighted by Gasteiger charge is 2.36. The Morgan fingerprint density at radius 2 is 2.07 bits per heavy atom. The number of aliphatic carboxylic acids is 1. The fourth-order valence-corrected chi connectivity index (χ4v) is 1.97. The molecule has 1 aromatic carbocycles. The lowest BCUT2D eigenvalue weighted by molar-refractivity contribution is -0.139. The molecule has 0 spiro atoms. The Labute approximate surface area is 87.1 Å². The lowest BCUT2D eigenvalue weighted by atomic mass is 10.1. The maximum absolute atomic E-state index is 11.4. The summed E-state index contributed by atoms with van der Waals surface area (Å²) in [5.41, 5.74) is 1.64. The number of para-hydroxylation sites is 1. The van der Waals surface area contributed by atoms with Crippen LogP contribution in [0.2, 0.25) is 0 Å². The number of rotatable bonds is 1. The Morgan fingerprint density at radius 1 is 1.40 bits per heavy atom. The molecule has 0 aliphatic carbocycles. The highest BCUT2D eigenvalue weighted by Crippen LogP contribution is 2.31. The van der Waals surface area contributed by atoms with Crippen molar-refractivity contribution in [2.24, 2.45) is 0 Å². The van der Waals surface area contributed by atoms with E-state index in [1.165, 1.54) is 11.8 Å². The van der Waals surface area contributed by atoms with Gasteiger partial charge < -0.3 is 5.11 Å². The predicted molar refractivity (Wildman–Crippen MR) is 54.7 cm³/mol. The van der Waals surface area contributed by atoms with Crippen molar-refractivity contribution in [3.63, 3.8) is 0 Å². The summed E-state index contributed by atoms with van der Waals surface area (Å²) in [6.45, 7) is 1.39. The first-order valence-electron chi connectivity index (χ1n) is 4.72. The van der Waals surface area contributed by atoms with Crippen LogP contribution in [0.5, 0.6) is 0 Å². The van der Waals surface area contributed by atoms with Crippen LogP contribution < -0.4 is 4.90 Å². The van der Waals surface area contributed by atoms with Gasteiger partial charge in [0.2, 0.25) is 5.91 Å². The molecule has 0 bridgehead atoms. The fraction of sp³-hybridized carbons (Fsp3) is 0.273. The monoisotopic (exact) mass is 205 g/mol. The van der Waals surface area contributed by atoms with E-state index >= 15 is 0 Å². The highest BCUT2D eigenvalue weighted by molar-refractivity contribution is 6.00. The van der Waals surface area contributed by atoms with Crippen LogP contribution in [0, 0.1) is 0 Å². The summed E-state index contributed by atoms with van der Waals surface area (Å²) in [4.78, 5) is 23.7. The van der Waals surface area contributed by atoms with Crippen LogP contribution in [0.4, 0.5) is 5.69 Å². The van der Waals surface area contributed by atoms with E-state index < -0.39 is 12.0 Å². The van der Waals surface area contributed by atoms with Gasteiger partial charge >= 0.3 is 5.97 Å². The van der Waals surface area contributed by atoms with E-state index in [4.69, 9.17) is 5.11 Å². The van der Waals surface area contributed by atoms with E-state index in [9.17, 15) is 9.59 Å². The van der Waals surface area contributed by atoms with Gasteiger partial charge in [0.15, 0.2) is 0 Å². The van der Waals surface area contributed by atoms with Crippen LogP contribution in [0.15, 0.2) is 24.3 Å². The number of anilines is 1. The Morgan fingerprint density at radius 3 is 2.67 bits per heavy atom. The highest BCUT2D eigenvalue weighted by atomic mass is 16.4. The maximum atomic E-state index is 11.4. The van der Waals surface area contributed by atoms with Gasteiger partial charge in [-0.25, -0.2) is 4.79 Å². The third-order valence-corrected chi connectivity index (χ3v) is 2.60. The van der Waals surface area contributed by atoms with E-state index in [2.05, 4.69) is 0 Å². The van der Waals surface area contributed by atoms with Gasteiger partial charge in [0, 0.05) is 19.0 Å². The minimum Gasteiger partial charge on any atom is -0.480 e. The van der Waals surface area contributed by atoms with E-state index in [0.717, 1.165) is 11.3 Å². The predicted octanol–water partition coefficient (Wildman–Crippen LogP) is 1.05. The van der Waals surface area contributed by atoms with Crippen molar-refractivity contribution < 1.29 is 14.7 Å². The third kappa shape index (κ3) is 1.48. The normalized spacial score (nSPS) is 18.7. The molecule has 1 heterocycles. The molecule has 0 fully saturated rings. The fourth-order valence-electron chi connectivity index (χ4n) is 1.97. The van der Waals surface area contributed by atoms with Gasteiger partial charge in [0.05, 0.1) is 0 Å². The third-order valence-electron chi connectivity index (χ3n) is 2.60. The Kier molecular flexibility index (Phi) is 2.19. The molecule has 1 aromatic rings. The number of nitrogens with zero attached hydrogens (tertiary/aromatic N) is 1. The number of hydrogen-bond donors (Lipinski definition) is 1. The minimum atomic E-state index is -0.957. The molecular weight excluding hydrogens is 194 g/mol. The van der Waals surface area contributed by atoms with E-state index in [1.807, 2.05) is 12.1 Å². The Bertz CT molecular complexity index is 428. The van der Waals surface area contributed by atoms with Crippen molar-refractivity contribution in [3.8, 4) is 0 Å². The number of carbonyl (C=O) groups is 2. The lowest BCUT2D eigenvalue weighted by Crippen LogP contribution is -2.41. The summed E-state index contributed by atoms with van der Waals surface area (Å²) in [6, 6.07) is 6.54. The van der Waals surface area contributed by atoms with Gasteiger partial charge in [-0.05, 0) is 11.6 Å². The van der Waals surface area contributed by atoms with Crippen molar-refractivity contribution in [1.29, 1.82) is 0 Å². The van der Waals surface area contributed by atoms with Gasteiger partial charge in [-0.3, -0.25) is 9.69 Å². The second-order valence-corrected chi connectivity index (χ2v) is 3.58. The number of hydrogen-bond acceptors (Lipinski definition) is 2. The first kappa shape index (κ1) is 9.71.